The highest BCUT2D eigenvalue weighted by molar-refractivity contribution is 7.14. The lowest BCUT2D eigenvalue weighted by Gasteiger charge is -2.18. The molecule has 0 unspecified atom stereocenters. The van der Waals surface area contributed by atoms with Crippen molar-refractivity contribution in [1.29, 1.82) is 0 Å². The summed E-state index contributed by atoms with van der Waals surface area (Å²) in [7, 11) is 0. The topological polar surface area (TPSA) is 61.4 Å². The van der Waals surface area contributed by atoms with Crippen molar-refractivity contribution in [3.05, 3.63) is 52.4 Å². The Kier molecular flexibility index (Phi) is 5.02. The number of hydrogen-bond acceptors (Lipinski definition) is 4. The van der Waals surface area contributed by atoms with Gasteiger partial charge in [0.2, 0.25) is 0 Å². The Balaban J connectivity index is 1.45. The van der Waals surface area contributed by atoms with E-state index in [4.69, 9.17) is 0 Å². The number of nitrogens with one attached hydrogen (secondary N) is 2. The summed E-state index contributed by atoms with van der Waals surface area (Å²) in [6, 6.07) is 9.47. The zero-order valence-corrected chi connectivity index (χ0v) is 16.5. The molecule has 0 saturated carbocycles. The fourth-order valence-electron chi connectivity index (χ4n) is 3.96. The van der Waals surface area contributed by atoms with Crippen molar-refractivity contribution >= 4 is 28.2 Å². The van der Waals surface area contributed by atoms with Crippen LogP contribution >= 0.6 is 11.3 Å². The Morgan fingerprint density at radius 3 is 2.41 bits per heavy atom. The number of carbonyl (C=O) groups excluding carboxylic acids is 2. The second kappa shape index (κ2) is 7.44. The van der Waals surface area contributed by atoms with E-state index in [0.29, 0.717) is 33.9 Å². The number of benzene rings is 1. The first kappa shape index (κ1) is 18.2. The summed E-state index contributed by atoms with van der Waals surface area (Å²) in [6.45, 7) is 7.84. The number of hydrogen-bond donors (Lipinski definition) is 2. The Bertz CT molecular complexity index is 831. The monoisotopic (exact) mass is 383 g/mol. The molecule has 0 radical (unpaired) electrons. The van der Waals surface area contributed by atoms with E-state index in [9.17, 15) is 9.59 Å². The quantitative estimate of drug-likeness (QED) is 0.850. The molecule has 27 heavy (non-hydrogen) atoms. The van der Waals surface area contributed by atoms with Crippen LogP contribution in [-0.4, -0.2) is 42.9 Å². The van der Waals surface area contributed by atoms with E-state index in [1.807, 2.05) is 40.6 Å². The standard InChI is InChI=1S/C21H25N3O2S/c1-13(2)14-3-5-15(6-4-14)19(25)23-20-18(7-8-27-20)21(26)24-11-16-9-22-10-17(16)12-24/h3-8,13,16-17,22H,9-12H2,1-2H3,(H,23,25)/t16-,17+. The van der Waals surface area contributed by atoms with Gasteiger partial charge in [-0.3, -0.25) is 9.59 Å². The number of rotatable bonds is 4. The summed E-state index contributed by atoms with van der Waals surface area (Å²) in [5.41, 5.74) is 2.40. The molecule has 1 aromatic carbocycles. The molecule has 0 bridgehead atoms. The van der Waals surface area contributed by atoms with Crippen LogP contribution in [0.3, 0.4) is 0 Å². The fourth-order valence-corrected chi connectivity index (χ4v) is 4.73. The predicted octanol–water partition coefficient (Wildman–Crippen LogP) is 3.42. The molecule has 2 atom stereocenters. The molecule has 142 valence electrons. The molecular formula is C21H25N3O2S. The van der Waals surface area contributed by atoms with E-state index >= 15 is 0 Å². The minimum atomic E-state index is -0.177. The van der Waals surface area contributed by atoms with E-state index < -0.39 is 0 Å². The minimum Gasteiger partial charge on any atom is -0.338 e. The first-order valence-corrected chi connectivity index (χ1v) is 10.4. The zero-order valence-electron chi connectivity index (χ0n) is 15.7. The van der Waals surface area contributed by atoms with E-state index in [0.717, 1.165) is 26.2 Å². The van der Waals surface area contributed by atoms with Gasteiger partial charge in [-0.1, -0.05) is 26.0 Å². The zero-order chi connectivity index (χ0) is 19.0. The third-order valence-corrected chi connectivity index (χ3v) is 6.47. The maximum atomic E-state index is 13.0. The molecule has 2 amide bonds. The first-order valence-electron chi connectivity index (χ1n) is 9.51. The summed E-state index contributed by atoms with van der Waals surface area (Å²) >= 11 is 1.40. The van der Waals surface area contributed by atoms with Crippen LogP contribution in [0.5, 0.6) is 0 Å². The Labute approximate surface area is 163 Å². The van der Waals surface area contributed by atoms with Gasteiger partial charge in [-0.15, -0.1) is 11.3 Å². The normalized spacial score (nSPS) is 21.5. The molecule has 2 fully saturated rings. The van der Waals surface area contributed by atoms with Crippen LogP contribution in [0.1, 0.15) is 46.0 Å². The molecule has 4 rings (SSSR count). The second-order valence-corrected chi connectivity index (χ2v) is 8.70. The lowest BCUT2D eigenvalue weighted by Crippen LogP contribution is -2.32. The SMILES string of the molecule is CC(C)c1ccc(C(=O)Nc2sccc2C(=O)N2C[C@H]3CNC[C@H]3C2)cc1. The highest BCUT2D eigenvalue weighted by Crippen LogP contribution is 2.31. The van der Waals surface area contributed by atoms with Gasteiger partial charge < -0.3 is 15.5 Å². The maximum absolute atomic E-state index is 13.0. The number of thiophene rings is 1. The van der Waals surface area contributed by atoms with Gasteiger partial charge in [-0.05, 0) is 46.9 Å². The lowest BCUT2D eigenvalue weighted by atomic mass is 10.0. The van der Waals surface area contributed by atoms with E-state index in [1.54, 1.807) is 0 Å². The molecule has 2 N–H and O–H groups in total. The maximum Gasteiger partial charge on any atom is 0.256 e. The number of fused-ring (bicyclic) bond motifs is 1. The van der Waals surface area contributed by atoms with Gasteiger partial charge in [-0.2, -0.15) is 0 Å². The lowest BCUT2D eigenvalue weighted by molar-refractivity contribution is 0.0783. The smallest absolute Gasteiger partial charge is 0.256 e. The van der Waals surface area contributed by atoms with Crippen LogP contribution in [0.2, 0.25) is 0 Å². The van der Waals surface area contributed by atoms with Crippen LogP contribution in [0, 0.1) is 11.8 Å². The Morgan fingerprint density at radius 1 is 1.11 bits per heavy atom. The fraction of sp³-hybridized carbons (Fsp3) is 0.429. The van der Waals surface area contributed by atoms with Gasteiger partial charge in [0, 0.05) is 31.7 Å². The van der Waals surface area contributed by atoms with Crippen molar-refractivity contribution in [2.24, 2.45) is 11.8 Å². The molecule has 0 spiro atoms. The van der Waals surface area contributed by atoms with E-state index in [1.165, 1.54) is 16.9 Å². The van der Waals surface area contributed by atoms with Gasteiger partial charge in [0.15, 0.2) is 0 Å². The molecule has 2 aliphatic heterocycles. The van der Waals surface area contributed by atoms with Crippen molar-refractivity contribution in [1.82, 2.24) is 10.2 Å². The van der Waals surface area contributed by atoms with Crippen LogP contribution in [-0.2, 0) is 0 Å². The Morgan fingerprint density at radius 2 is 1.78 bits per heavy atom. The highest BCUT2D eigenvalue weighted by atomic mass is 32.1. The third-order valence-electron chi connectivity index (χ3n) is 5.64. The number of amides is 2. The average Bonchev–Trinajstić information content (AvgIpc) is 3.37. The van der Waals surface area contributed by atoms with E-state index in [-0.39, 0.29) is 11.8 Å². The number of likely N-dealkylation sites (tertiary alicyclic amines) is 1. The predicted molar refractivity (Wildman–Crippen MR) is 109 cm³/mol. The summed E-state index contributed by atoms with van der Waals surface area (Å²) in [5.74, 6) is 1.40. The van der Waals surface area contributed by atoms with Crippen LogP contribution in [0.25, 0.3) is 0 Å². The van der Waals surface area contributed by atoms with Gasteiger partial charge in [-0.25, -0.2) is 0 Å². The Hall–Kier alpha value is -2.18. The van der Waals surface area contributed by atoms with Gasteiger partial charge in [0.05, 0.1) is 5.56 Å². The van der Waals surface area contributed by atoms with E-state index in [2.05, 4.69) is 24.5 Å². The molecule has 0 aliphatic carbocycles. The molecule has 5 nitrogen and oxygen atoms in total. The molecule has 6 heteroatoms. The van der Waals surface area contributed by atoms with Gasteiger partial charge in [0.1, 0.15) is 5.00 Å². The van der Waals surface area contributed by atoms with Gasteiger partial charge in [0.25, 0.3) is 11.8 Å². The third kappa shape index (κ3) is 3.64. The van der Waals surface area contributed by atoms with Crippen molar-refractivity contribution in [3.8, 4) is 0 Å². The summed E-state index contributed by atoms with van der Waals surface area (Å²) in [4.78, 5) is 27.5. The second-order valence-electron chi connectivity index (χ2n) is 7.78. The van der Waals surface area contributed by atoms with Crippen LogP contribution in [0.4, 0.5) is 5.00 Å². The first-order chi connectivity index (χ1) is 13.0. The number of carbonyl (C=O) groups is 2. The van der Waals surface area contributed by atoms with Gasteiger partial charge >= 0.3 is 0 Å². The van der Waals surface area contributed by atoms with Crippen molar-refractivity contribution in [2.75, 3.05) is 31.5 Å². The molecular weight excluding hydrogens is 358 g/mol. The molecule has 2 aromatic rings. The summed E-state index contributed by atoms with van der Waals surface area (Å²) < 4.78 is 0. The molecule has 3 heterocycles. The number of anilines is 1. The molecule has 2 saturated heterocycles. The molecule has 1 aromatic heterocycles. The average molecular weight is 384 g/mol. The van der Waals surface area contributed by atoms with Crippen LogP contribution < -0.4 is 10.6 Å². The summed E-state index contributed by atoms with van der Waals surface area (Å²) in [6.07, 6.45) is 0. The number of nitrogens with zero attached hydrogens (tertiary/aromatic N) is 1. The van der Waals surface area contributed by atoms with Crippen molar-refractivity contribution in [3.63, 3.8) is 0 Å². The minimum absolute atomic E-state index is 0.0242. The summed E-state index contributed by atoms with van der Waals surface area (Å²) in [5, 5.41) is 8.82. The largest absolute Gasteiger partial charge is 0.338 e. The highest BCUT2D eigenvalue weighted by Gasteiger charge is 2.38. The van der Waals surface area contributed by atoms with Crippen LogP contribution in [0.15, 0.2) is 35.7 Å². The van der Waals surface area contributed by atoms with Crippen molar-refractivity contribution < 1.29 is 9.59 Å². The van der Waals surface area contributed by atoms with Crippen molar-refractivity contribution in [2.45, 2.75) is 19.8 Å². The molecule has 2 aliphatic rings.